The maximum absolute atomic E-state index is 4.63. The Kier molecular flexibility index (Phi) is 2.90. The summed E-state index contributed by atoms with van der Waals surface area (Å²) in [5.74, 6) is 2.43. The van der Waals surface area contributed by atoms with E-state index in [1.165, 1.54) is 5.71 Å². The normalized spacial score (nSPS) is 19.4. The van der Waals surface area contributed by atoms with Crippen molar-refractivity contribution in [3.05, 3.63) is 12.4 Å². The molecule has 4 heteroatoms. The smallest absolute Gasteiger partial charge is 0.195 e. The van der Waals surface area contributed by atoms with Crippen LogP contribution in [-0.2, 0) is 0 Å². The molecule has 16 heavy (non-hydrogen) atoms. The van der Waals surface area contributed by atoms with Gasteiger partial charge in [-0.3, -0.25) is 0 Å². The number of aromatic nitrogens is 2. The Labute approximate surface area is 96.2 Å². The molecule has 0 spiro atoms. The molecule has 1 aliphatic rings. The standard InChI is InChI=1S/C12H18N4/c1-7(2)9-10(8(3)4)16-12-11(15-9)13-5-6-14-12/h5-9H,1-4H3,(H,13,15). The summed E-state index contributed by atoms with van der Waals surface area (Å²) in [5.41, 5.74) is 1.17. The monoisotopic (exact) mass is 218 g/mol. The van der Waals surface area contributed by atoms with Gasteiger partial charge in [-0.05, 0) is 11.8 Å². The number of rotatable bonds is 2. The van der Waals surface area contributed by atoms with Crippen LogP contribution in [0.25, 0.3) is 0 Å². The van der Waals surface area contributed by atoms with Crippen LogP contribution in [-0.4, -0.2) is 21.7 Å². The van der Waals surface area contributed by atoms with Crippen molar-refractivity contribution in [2.75, 3.05) is 5.32 Å². The molecular weight excluding hydrogens is 200 g/mol. The highest BCUT2D eigenvalue weighted by Gasteiger charge is 2.27. The van der Waals surface area contributed by atoms with E-state index in [1.807, 2.05) is 0 Å². The van der Waals surface area contributed by atoms with Crippen LogP contribution < -0.4 is 5.32 Å². The van der Waals surface area contributed by atoms with Crippen molar-refractivity contribution in [1.29, 1.82) is 0 Å². The lowest BCUT2D eigenvalue weighted by Gasteiger charge is -2.30. The van der Waals surface area contributed by atoms with Crippen LogP contribution in [0.3, 0.4) is 0 Å². The summed E-state index contributed by atoms with van der Waals surface area (Å²) in [4.78, 5) is 13.1. The molecule has 0 saturated heterocycles. The summed E-state index contributed by atoms with van der Waals surface area (Å²) in [6.07, 6.45) is 3.37. The maximum Gasteiger partial charge on any atom is 0.195 e. The molecular formula is C12H18N4. The first-order valence-electron chi connectivity index (χ1n) is 5.75. The van der Waals surface area contributed by atoms with Crippen LogP contribution in [0.4, 0.5) is 11.6 Å². The molecule has 0 fully saturated rings. The van der Waals surface area contributed by atoms with E-state index in [-0.39, 0.29) is 6.04 Å². The molecule has 0 aromatic carbocycles. The van der Waals surface area contributed by atoms with Crippen LogP contribution in [0.15, 0.2) is 17.4 Å². The van der Waals surface area contributed by atoms with E-state index in [4.69, 9.17) is 0 Å². The third-order valence-electron chi connectivity index (χ3n) is 2.78. The maximum atomic E-state index is 4.63. The van der Waals surface area contributed by atoms with Crippen molar-refractivity contribution in [2.45, 2.75) is 33.7 Å². The third-order valence-corrected chi connectivity index (χ3v) is 2.78. The van der Waals surface area contributed by atoms with Gasteiger partial charge in [-0.25, -0.2) is 15.0 Å². The van der Waals surface area contributed by atoms with E-state index < -0.39 is 0 Å². The SMILES string of the molecule is CC(C)C1=Nc2nccnc2NC1C(C)C. The van der Waals surface area contributed by atoms with Gasteiger partial charge < -0.3 is 5.32 Å². The minimum atomic E-state index is 0.268. The number of hydrogen-bond acceptors (Lipinski definition) is 4. The zero-order chi connectivity index (χ0) is 11.7. The first kappa shape index (κ1) is 11.0. The molecule has 0 bridgehead atoms. The molecule has 0 radical (unpaired) electrons. The molecule has 0 aliphatic carbocycles. The number of nitrogens with zero attached hydrogens (tertiary/aromatic N) is 3. The predicted octanol–water partition coefficient (Wildman–Crippen LogP) is 2.66. The molecule has 2 heterocycles. The first-order chi connectivity index (χ1) is 7.59. The van der Waals surface area contributed by atoms with Gasteiger partial charge in [-0.15, -0.1) is 0 Å². The van der Waals surface area contributed by atoms with Crippen LogP contribution in [0, 0.1) is 11.8 Å². The van der Waals surface area contributed by atoms with Gasteiger partial charge in [0, 0.05) is 18.1 Å². The molecule has 86 valence electrons. The van der Waals surface area contributed by atoms with E-state index in [9.17, 15) is 0 Å². The van der Waals surface area contributed by atoms with Gasteiger partial charge in [0.15, 0.2) is 11.6 Å². The van der Waals surface area contributed by atoms with Crippen molar-refractivity contribution >= 4 is 17.3 Å². The van der Waals surface area contributed by atoms with Crippen molar-refractivity contribution in [3.8, 4) is 0 Å². The Morgan fingerprint density at radius 1 is 1.12 bits per heavy atom. The number of aliphatic imine (C=N–C) groups is 1. The van der Waals surface area contributed by atoms with Gasteiger partial charge in [0.1, 0.15) is 0 Å². The van der Waals surface area contributed by atoms with Crippen LogP contribution in [0.5, 0.6) is 0 Å². The molecule has 0 saturated carbocycles. The summed E-state index contributed by atoms with van der Waals surface area (Å²) < 4.78 is 0. The number of fused-ring (bicyclic) bond motifs is 1. The summed E-state index contributed by atoms with van der Waals surface area (Å²) >= 11 is 0. The Morgan fingerprint density at radius 2 is 1.81 bits per heavy atom. The van der Waals surface area contributed by atoms with Gasteiger partial charge in [-0.1, -0.05) is 27.7 Å². The molecule has 1 aromatic rings. The minimum absolute atomic E-state index is 0.268. The Morgan fingerprint density at radius 3 is 2.44 bits per heavy atom. The molecule has 2 rings (SSSR count). The Balaban J connectivity index is 2.43. The van der Waals surface area contributed by atoms with Crippen molar-refractivity contribution in [2.24, 2.45) is 16.8 Å². The van der Waals surface area contributed by atoms with Crippen molar-refractivity contribution in [3.63, 3.8) is 0 Å². The lowest BCUT2D eigenvalue weighted by atomic mass is 9.91. The summed E-state index contributed by atoms with van der Waals surface area (Å²) in [5, 5.41) is 3.42. The zero-order valence-electron chi connectivity index (χ0n) is 10.2. The second-order valence-electron chi connectivity index (χ2n) is 4.79. The largest absolute Gasteiger partial charge is 0.359 e. The molecule has 1 aromatic heterocycles. The van der Waals surface area contributed by atoms with Crippen LogP contribution >= 0.6 is 0 Å². The molecule has 1 atom stereocenters. The van der Waals surface area contributed by atoms with Crippen LogP contribution in [0.2, 0.25) is 0 Å². The minimum Gasteiger partial charge on any atom is -0.359 e. The second-order valence-corrected chi connectivity index (χ2v) is 4.79. The van der Waals surface area contributed by atoms with Gasteiger partial charge in [0.2, 0.25) is 0 Å². The molecule has 0 amide bonds. The quantitative estimate of drug-likeness (QED) is 0.830. The number of nitrogens with one attached hydrogen (secondary N) is 1. The summed E-state index contributed by atoms with van der Waals surface area (Å²) in [6.45, 7) is 8.71. The van der Waals surface area contributed by atoms with E-state index in [2.05, 4.69) is 48.0 Å². The number of anilines is 1. The van der Waals surface area contributed by atoms with E-state index >= 15 is 0 Å². The summed E-state index contributed by atoms with van der Waals surface area (Å²) in [7, 11) is 0. The average molecular weight is 218 g/mol. The van der Waals surface area contributed by atoms with E-state index in [1.54, 1.807) is 12.4 Å². The van der Waals surface area contributed by atoms with Crippen LogP contribution in [0.1, 0.15) is 27.7 Å². The Hall–Kier alpha value is -1.45. The molecule has 1 unspecified atom stereocenters. The van der Waals surface area contributed by atoms with Gasteiger partial charge in [-0.2, -0.15) is 0 Å². The fraction of sp³-hybridized carbons (Fsp3) is 0.583. The van der Waals surface area contributed by atoms with Gasteiger partial charge >= 0.3 is 0 Å². The lowest BCUT2D eigenvalue weighted by Crippen LogP contribution is -2.39. The fourth-order valence-electron chi connectivity index (χ4n) is 1.92. The fourth-order valence-corrected chi connectivity index (χ4v) is 1.92. The third kappa shape index (κ3) is 1.92. The van der Waals surface area contributed by atoms with Crippen molar-refractivity contribution in [1.82, 2.24) is 9.97 Å². The number of hydrogen-bond donors (Lipinski definition) is 1. The summed E-state index contributed by atoms with van der Waals surface area (Å²) in [6, 6.07) is 0.268. The average Bonchev–Trinajstić information content (AvgIpc) is 2.27. The highest BCUT2D eigenvalue weighted by molar-refractivity contribution is 5.98. The van der Waals surface area contributed by atoms with Gasteiger partial charge in [0.25, 0.3) is 0 Å². The first-order valence-corrected chi connectivity index (χ1v) is 5.75. The topological polar surface area (TPSA) is 50.2 Å². The highest BCUT2D eigenvalue weighted by atomic mass is 15.1. The van der Waals surface area contributed by atoms with E-state index in [0.29, 0.717) is 17.7 Å². The van der Waals surface area contributed by atoms with Gasteiger partial charge in [0.05, 0.1) is 6.04 Å². The zero-order valence-corrected chi connectivity index (χ0v) is 10.2. The lowest BCUT2D eigenvalue weighted by molar-refractivity contribution is 0.597. The molecule has 1 aliphatic heterocycles. The Bertz CT molecular complexity index is 409. The second kappa shape index (κ2) is 4.20. The molecule has 1 N–H and O–H groups in total. The predicted molar refractivity (Wildman–Crippen MR) is 66.2 cm³/mol. The van der Waals surface area contributed by atoms with E-state index in [0.717, 1.165) is 5.82 Å². The molecule has 4 nitrogen and oxygen atoms in total. The van der Waals surface area contributed by atoms with Crippen molar-refractivity contribution < 1.29 is 0 Å². The highest BCUT2D eigenvalue weighted by Crippen LogP contribution is 2.29.